The van der Waals surface area contributed by atoms with Gasteiger partial charge in [-0.05, 0) is 43.7 Å². The van der Waals surface area contributed by atoms with Crippen LogP contribution in [0.15, 0.2) is 47.6 Å². The summed E-state index contributed by atoms with van der Waals surface area (Å²) in [5, 5.41) is 17.7. The fourth-order valence-corrected chi connectivity index (χ4v) is 3.56. The fourth-order valence-electron chi connectivity index (χ4n) is 3.43. The van der Waals surface area contributed by atoms with Crippen LogP contribution in [-0.2, 0) is 6.54 Å². The average molecular weight is 401 g/mol. The minimum atomic E-state index is 0.273. The predicted octanol–water partition coefficient (Wildman–Crippen LogP) is 4.04. The lowest BCUT2D eigenvalue weighted by Crippen LogP contribution is -2.43. The summed E-state index contributed by atoms with van der Waals surface area (Å²) < 4.78 is 0. The maximum absolute atomic E-state index is 10.3. The van der Waals surface area contributed by atoms with Crippen molar-refractivity contribution in [1.82, 2.24) is 9.91 Å². The molecule has 0 amide bonds. The van der Waals surface area contributed by atoms with Gasteiger partial charge in [-0.2, -0.15) is 5.10 Å². The van der Waals surface area contributed by atoms with E-state index in [9.17, 15) is 5.11 Å². The van der Waals surface area contributed by atoms with Crippen molar-refractivity contribution < 1.29 is 5.11 Å². The highest BCUT2D eigenvalue weighted by Crippen LogP contribution is 2.23. The van der Waals surface area contributed by atoms with Gasteiger partial charge in [0.25, 0.3) is 0 Å². The number of benzene rings is 2. The number of rotatable bonds is 7. The first-order chi connectivity index (χ1) is 13.6. The van der Waals surface area contributed by atoms with Crippen molar-refractivity contribution in [3.63, 3.8) is 0 Å². The molecule has 3 rings (SSSR count). The van der Waals surface area contributed by atoms with Crippen LogP contribution in [0.3, 0.4) is 0 Å². The molecule has 2 aromatic rings. The third-order valence-electron chi connectivity index (χ3n) is 5.17. The molecule has 1 aliphatic rings. The van der Waals surface area contributed by atoms with E-state index in [2.05, 4.69) is 45.9 Å². The molecule has 0 radical (unpaired) electrons. The Balaban J connectivity index is 1.52. The van der Waals surface area contributed by atoms with Crippen molar-refractivity contribution in [2.45, 2.75) is 20.4 Å². The number of aromatic hydroxyl groups is 1. The molecule has 0 aromatic heterocycles. The van der Waals surface area contributed by atoms with Crippen LogP contribution in [0.4, 0.5) is 5.69 Å². The molecule has 1 heterocycles. The molecule has 0 spiro atoms. The predicted molar refractivity (Wildman–Crippen MR) is 118 cm³/mol. The van der Waals surface area contributed by atoms with E-state index in [1.165, 1.54) is 5.56 Å². The molecule has 2 aromatic carbocycles. The molecule has 0 unspecified atom stereocenters. The number of phenolic OH excluding ortho intramolecular Hbond substituents is 1. The smallest absolute Gasteiger partial charge is 0.126 e. The molecule has 0 saturated carbocycles. The largest absolute Gasteiger partial charge is 0.507 e. The van der Waals surface area contributed by atoms with Gasteiger partial charge >= 0.3 is 0 Å². The number of halogens is 1. The first-order valence-corrected chi connectivity index (χ1v) is 10.3. The van der Waals surface area contributed by atoms with Gasteiger partial charge in [0.15, 0.2) is 0 Å². The summed E-state index contributed by atoms with van der Waals surface area (Å²) in [6.45, 7) is 10.7. The lowest BCUT2D eigenvalue weighted by molar-refractivity contribution is 0.131. The molecule has 1 N–H and O–H groups in total. The van der Waals surface area contributed by atoms with Crippen LogP contribution >= 0.6 is 11.6 Å². The Morgan fingerprint density at radius 3 is 2.32 bits per heavy atom. The van der Waals surface area contributed by atoms with Crippen LogP contribution in [0.1, 0.15) is 25.0 Å². The highest BCUT2D eigenvalue weighted by Gasteiger charge is 2.15. The van der Waals surface area contributed by atoms with Gasteiger partial charge < -0.3 is 10.0 Å². The Bertz CT molecular complexity index is 782. The zero-order valence-electron chi connectivity index (χ0n) is 16.7. The van der Waals surface area contributed by atoms with Gasteiger partial charge in [0.2, 0.25) is 0 Å². The normalized spacial score (nSPS) is 15.3. The molecular weight excluding hydrogens is 372 g/mol. The SMILES string of the molecule is CCN(CC)c1ccc(/C=N\N2CCN(Cc3ccc(Cl)cc3)CC2)c(O)c1. The maximum atomic E-state index is 10.3. The second-order valence-corrected chi connectivity index (χ2v) is 7.45. The summed E-state index contributed by atoms with van der Waals surface area (Å²) in [4.78, 5) is 4.63. The van der Waals surface area contributed by atoms with E-state index in [1.54, 1.807) is 6.21 Å². The molecule has 1 aliphatic heterocycles. The van der Waals surface area contributed by atoms with E-state index in [0.29, 0.717) is 0 Å². The van der Waals surface area contributed by atoms with Crippen LogP contribution in [-0.4, -0.2) is 60.5 Å². The van der Waals surface area contributed by atoms with Gasteiger partial charge in [-0.3, -0.25) is 9.91 Å². The molecular formula is C22H29ClN4O. The molecule has 0 aliphatic carbocycles. The van der Waals surface area contributed by atoms with Gasteiger partial charge in [-0.1, -0.05) is 23.7 Å². The summed E-state index contributed by atoms with van der Waals surface area (Å²) in [5.41, 5.74) is 3.06. The average Bonchev–Trinajstić information content (AvgIpc) is 2.71. The number of anilines is 1. The van der Waals surface area contributed by atoms with Crippen molar-refractivity contribution in [2.24, 2.45) is 5.10 Å². The Morgan fingerprint density at radius 1 is 1.04 bits per heavy atom. The molecule has 5 nitrogen and oxygen atoms in total. The summed E-state index contributed by atoms with van der Waals surface area (Å²) >= 11 is 5.95. The minimum Gasteiger partial charge on any atom is -0.507 e. The lowest BCUT2D eigenvalue weighted by Gasteiger charge is -2.33. The summed E-state index contributed by atoms with van der Waals surface area (Å²) in [6.07, 6.45) is 1.76. The van der Waals surface area contributed by atoms with Crippen molar-refractivity contribution in [2.75, 3.05) is 44.2 Å². The van der Waals surface area contributed by atoms with Gasteiger partial charge in [-0.15, -0.1) is 0 Å². The third kappa shape index (κ3) is 5.40. The third-order valence-corrected chi connectivity index (χ3v) is 5.42. The van der Waals surface area contributed by atoms with E-state index in [-0.39, 0.29) is 5.75 Å². The van der Waals surface area contributed by atoms with Gasteiger partial charge in [0.05, 0.1) is 6.21 Å². The van der Waals surface area contributed by atoms with Crippen molar-refractivity contribution >= 4 is 23.5 Å². The number of hydrogen-bond donors (Lipinski definition) is 1. The highest BCUT2D eigenvalue weighted by molar-refractivity contribution is 6.30. The number of piperazine rings is 1. The standard InChI is InChI=1S/C22H29ClN4O/c1-3-26(4-2)21-10-7-19(22(28)15-21)16-24-27-13-11-25(12-14-27)17-18-5-8-20(23)9-6-18/h5-10,15-16,28H,3-4,11-14,17H2,1-2H3/b24-16-. The highest BCUT2D eigenvalue weighted by atomic mass is 35.5. The van der Waals surface area contributed by atoms with E-state index in [0.717, 1.165) is 62.1 Å². The van der Waals surface area contributed by atoms with Gasteiger partial charge in [0.1, 0.15) is 5.75 Å². The van der Waals surface area contributed by atoms with Crippen LogP contribution in [0.25, 0.3) is 0 Å². The van der Waals surface area contributed by atoms with Crippen LogP contribution < -0.4 is 4.90 Å². The Hall–Kier alpha value is -2.24. The lowest BCUT2D eigenvalue weighted by atomic mass is 10.2. The topological polar surface area (TPSA) is 42.3 Å². The summed E-state index contributed by atoms with van der Waals surface area (Å²) in [7, 11) is 0. The number of hydrogen-bond acceptors (Lipinski definition) is 5. The van der Waals surface area contributed by atoms with Crippen LogP contribution in [0.5, 0.6) is 5.75 Å². The van der Waals surface area contributed by atoms with Crippen molar-refractivity contribution in [3.8, 4) is 5.75 Å². The monoisotopic (exact) mass is 400 g/mol. The van der Waals surface area contributed by atoms with Gasteiger partial charge in [0, 0.05) is 68.2 Å². The zero-order chi connectivity index (χ0) is 19.9. The molecule has 150 valence electrons. The second-order valence-electron chi connectivity index (χ2n) is 7.02. The van der Waals surface area contributed by atoms with Crippen LogP contribution in [0, 0.1) is 0 Å². The Labute approximate surface area is 172 Å². The Kier molecular flexibility index (Phi) is 7.18. The van der Waals surface area contributed by atoms with Crippen LogP contribution in [0.2, 0.25) is 5.02 Å². The summed E-state index contributed by atoms with van der Waals surface area (Å²) in [6, 6.07) is 13.8. The second kappa shape index (κ2) is 9.80. The zero-order valence-corrected chi connectivity index (χ0v) is 17.4. The fraction of sp³-hybridized carbons (Fsp3) is 0.409. The molecule has 0 atom stereocenters. The molecule has 28 heavy (non-hydrogen) atoms. The van der Waals surface area contributed by atoms with Crippen molar-refractivity contribution in [3.05, 3.63) is 58.6 Å². The molecule has 1 fully saturated rings. The number of nitrogens with zero attached hydrogens (tertiary/aromatic N) is 4. The molecule has 1 saturated heterocycles. The minimum absolute atomic E-state index is 0.273. The van der Waals surface area contributed by atoms with E-state index >= 15 is 0 Å². The van der Waals surface area contributed by atoms with E-state index in [1.807, 2.05) is 30.3 Å². The van der Waals surface area contributed by atoms with Gasteiger partial charge in [-0.25, -0.2) is 0 Å². The first kappa shape index (κ1) is 20.5. The molecule has 0 bridgehead atoms. The molecule has 6 heteroatoms. The van der Waals surface area contributed by atoms with E-state index in [4.69, 9.17) is 11.6 Å². The first-order valence-electron chi connectivity index (χ1n) is 9.92. The maximum Gasteiger partial charge on any atom is 0.126 e. The quantitative estimate of drug-likeness (QED) is 0.712. The van der Waals surface area contributed by atoms with Crippen molar-refractivity contribution in [1.29, 1.82) is 0 Å². The van der Waals surface area contributed by atoms with E-state index < -0.39 is 0 Å². The number of hydrazone groups is 1. The number of phenols is 1. The summed E-state index contributed by atoms with van der Waals surface area (Å²) in [5.74, 6) is 0.273. The Morgan fingerprint density at radius 2 is 1.71 bits per heavy atom.